The zero-order valence-corrected chi connectivity index (χ0v) is 21.8. The van der Waals surface area contributed by atoms with Gasteiger partial charge in [-0.3, -0.25) is 19.2 Å². The Morgan fingerprint density at radius 3 is 1.22 bits per heavy atom. The Morgan fingerprint density at radius 2 is 0.917 bits per heavy atom. The maximum atomic E-state index is 13.0. The maximum absolute atomic E-state index is 13.0. The van der Waals surface area contributed by atoms with E-state index in [1.165, 1.54) is 0 Å². The molecule has 2 saturated heterocycles. The van der Waals surface area contributed by atoms with Crippen LogP contribution in [0.1, 0.15) is 41.5 Å². The molecule has 4 N–H and O–H groups in total. The molecule has 0 saturated carbocycles. The number of carbonyl (C=O) groups is 4. The van der Waals surface area contributed by atoms with Gasteiger partial charge in [-0.2, -0.15) is 0 Å². The lowest BCUT2D eigenvalue weighted by molar-refractivity contribution is -0.175. The lowest BCUT2D eigenvalue weighted by atomic mass is 10.0. The van der Waals surface area contributed by atoms with Gasteiger partial charge < -0.3 is 40.2 Å². The second-order valence-corrected chi connectivity index (χ2v) is 9.70. The minimum absolute atomic E-state index is 0.151. The van der Waals surface area contributed by atoms with Crippen molar-refractivity contribution in [3.63, 3.8) is 0 Å². The third-order valence-electron chi connectivity index (χ3n) is 5.29. The standard InChI is InChI=1S/C24H38N4O8/c1-13(2)19(29)25-9-11-27-21(31)17-15(33-23(5,6)35-17)16-18(36-24(7,8)34-16)22(32)28-12-10-26-20(30)14(3)4/h15-18H,1,3,9-12H2,2,4-8H3,(H,25,29)(H,26,30)(H,27,31)(H,28,32). The SMILES string of the molecule is C=C(C)C(=O)NCCNC(=O)C1OC(C)(C)OC1C1OC(C)(C)OC1C(=O)NCCNC(=O)C(=C)C. The molecule has 0 aromatic rings. The molecule has 4 amide bonds. The van der Waals surface area contributed by atoms with Crippen LogP contribution in [0.5, 0.6) is 0 Å². The topological polar surface area (TPSA) is 153 Å². The van der Waals surface area contributed by atoms with E-state index in [2.05, 4.69) is 34.4 Å². The van der Waals surface area contributed by atoms with Crippen molar-refractivity contribution in [3.05, 3.63) is 24.3 Å². The molecule has 4 atom stereocenters. The predicted molar refractivity (Wildman–Crippen MR) is 129 cm³/mol. The normalized spacial score (nSPS) is 26.1. The van der Waals surface area contributed by atoms with Crippen LogP contribution in [0.3, 0.4) is 0 Å². The highest BCUT2D eigenvalue weighted by molar-refractivity contribution is 5.92. The van der Waals surface area contributed by atoms with Gasteiger partial charge in [0.15, 0.2) is 23.8 Å². The van der Waals surface area contributed by atoms with Gasteiger partial charge in [0.25, 0.3) is 11.8 Å². The summed E-state index contributed by atoms with van der Waals surface area (Å²) in [4.78, 5) is 49.1. The molecule has 2 rings (SSSR count). The van der Waals surface area contributed by atoms with Crippen LogP contribution in [0.25, 0.3) is 0 Å². The molecule has 0 spiro atoms. The van der Waals surface area contributed by atoms with E-state index < -0.39 is 47.8 Å². The monoisotopic (exact) mass is 510 g/mol. The molecule has 2 aliphatic rings. The molecule has 4 unspecified atom stereocenters. The Kier molecular flexibility index (Phi) is 9.78. The first kappa shape index (κ1) is 29.4. The summed E-state index contributed by atoms with van der Waals surface area (Å²) in [6.07, 6.45) is -4.09. The van der Waals surface area contributed by atoms with E-state index in [0.717, 1.165) is 0 Å². The van der Waals surface area contributed by atoms with Crippen LogP contribution < -0.4 is 21.3 Å². The summed E-state index contributed by atoms with van der Waals surface area (Å²) in [6.45, 7) is 17.6. The molecule has 36 heavy (non-hydrogen) atoms. The number of nitrogens with one attached hydrogen (secondary N) is 4. The van der Waals surface area contributed by atoms with Crippen molar-refractivity contribution in [2.45, 2.75) is 77.5 Å². The van der Waals surface area contributed by atoms with Gasteiger partial charge in [0.1, 0.15) is 12.2 Å². The number of ether oxygens (including phenoxy) is 4. The molecule has 2 aliphatic heterocycles. The van der Waals surface area contributed by atoms with Crippen LogP contribution in [0.4, 0.5) is 0 Å². The fourth-order valence-corrected chi connectivity index (χ4v) is 3.69. The van der Waals surface area contributed by atoms with E-state index in [9.17, 15) is 19.2 Å². The van der Waals surface area contributed by atoms with E-state index in [0.29, 0.717) is 11.1 Å². The molecule has 2 fully saturated rings. The summed E-state index contributed by atoms with van der Waals surface area (Å²) in [5, 5.41) is 10.7. The van der Waals surface area contributed by atoms with Crippen molar-refractivity contribution in [1.82, 2.24) is 21.3 Å². The summed E-state index contributed by atoms with van der Waals surface area (Å²) in [5.74, 6) is -3.82. The number of amides is 4. The molecule has 0 radical (unpaired) electrons. The molecule has 0 bridgehead atoms. The van der Waals surface area contributed by atoms with Crippen molar-refractivity contribution in [3.8, 4) is 0 Å². The third kappa shape index (κ3) is 8.12. The van der Waals surface area contributed by atoms with Gasteiger partial charge in [0.05, 0.1) is 0 Å². The smallest absolute Gasteiger partial charge is 0.252 e. The van der Waals surface area contributed by atoms with Crippen LogP contribution in [-0.2, 0) is 38.1 Å². The summed E-state index contributed by atoms with van der Waals surface area (Å²) < 4.78 is 23.6. The third-order valence-corrected chi connectivity index (χ3v) is 5.29. The quantitative estimate of drug-likeness (QED) is 0.217. The number of rotatable bonds is 11. The van der Waals surface area contributed by atoms with Gasteiger partial charge in [0, 0.05) is 37.3 Å². The summed E-state index contributed by atoms with van der Waals surface area (Å²) in [7, 11) is 0. The Labute approximate surface area is 211 Å². The van der Waals surface area contributed by atoms with Crippen molar-refractivity contribution in [1.29, 1.82) is 0 Å². The van der Waals surface area contributed by atoms with E-state index in [1.54, 1.807) is 41.5 Å². The van der Waals surface area contributed by atoms with Crippen molar-refractivity contribution in [2.75, 3.05) is 26.2 Å². The number of hydrogen-bond donors (Lipinski definition) is 4. The fraction of sp³-hybridized carbons (Fsp3) is 0.667. The molecule has 12 nitrogen and oxygen atoms in total. The Balaban J connectivity index is 2.04. The lowest BCUT2D eigenvalue weighted by Gasteiger charge is -2.25. The molecule has 0 aliphatic carbocycles. The average Bonchev–Trinajstić information content (AvgIpc) is 3.28. The van der Waals surface area contributed by atoms with Crippen molar-refractivity contribution in [2.24, 2.45) is 0 Å². The van der Waals surface area contributed by atoms with Gasteiger partial charge in [0.2, 0.25) is 11.8 Å². The summed E-state index contributed by atoms with van der Waals surface area (Å²) >= 11 is 0. The zero-order valence-electron chi connectivity index (χ0n) is 21.8. The predicted octanol–water partition coefficient (Wildman–Crippen LogP) is -0.356. The van der Waals surface area contributed by atoms with Crippen LogP contribution in [0.15, 0.2) is 24.3 Å². The molecule has 2 heterocycles. The van der Waals surface area contributed by atoms with E-state index in [1.807, 2.05) is 0 Å². The summed E-state index contributed by atoms with van der Waals surface area (Å²) in [6, 6.07) is 0. The highest BCUT2D eigenvalue weighted by Gasteiger charge is 2.57. The average molecular weight is 511 g/mol. The van der Waals surface area contributed by atoms with E-state index in [-0.39, 0.29) is 38.0 Å². The van der Waals surface area contributed by atoms with Gasteiger partial charge in [-0.1, -0.05) is 13.2 Å². The van der Waals surface area contributed by atoms with Crippen LogP contribution >= 0.6 is 0 Å². The molecule has 0 aromatic carbocycles. The molecular weight excluding hydrogens is 472 g/mol. The Morgan fingerprint density at radius 1 is 0.611 bits per heavy atom. The van der Waals surface area contributed by atoms with Crippen LogP contribution in [-0.4, -0.2) is 85.8 Å². The Hall–Kier alpha value is -2.80. The highest BCUT2D eigenvalue weighted by Crippen LogP contribution is 2.38. The van der Waals surface area contributed by atoms with Crippen molar-refractivity contribution >= 4 is 23.6 Å². The highest BCUT2D eigenvalue weighted by atomic mass is 16.8. The van der Waals surface area contributed by atoms with Gasteiger partial charge >= 0.3 is 0 Å². The minimum atomic E-state index is -1.12. The van der Waals surface area contributed by atoms with Crippen molar-refractivity contribution < 1.29 is 38.1 Å². The van der Waals surface area contributed by atoms with E-state index >= 15 is 0 Å². The van der Waals surface area contributed by atoms with E-state index in [4.69, 9.17) is 18.9 Å². The first-order valence-corrected chi connectivity index (χ1v) is 11.8. The van der Waals surface area contributed by atoms with Crippen LogP contribution in [0.2, 0.25) is 0 Å². The molecule has 202 valence electrons. The minimum Gasteiger partial charge on any atom is -0.352 e. The van der Waals surface area contributed by atoms with Gasteiger partial charge in [-0.25, -0.2) is 0 Å². The molecular formula is C24H38N4O8. The first-order chi connectivity index (χ1) is 16.6. The second kappa shape index (κ2) is 12.0. The number of carbonyl (C=O) groups excluding carboxylic acids is 4. The zero-order chi connectivity index (χ0) is 27.3. The van der Waals surface area contributed by atoms with Crippen LogP contribution in [0, 0.1) is 0 Å². The Bertz CT molecular complexity index is 829. The second-order valence-electron chi connectivity index (χ2n) is 9.70. The van der Waals surface area contributed by atoms with Gasteiger partial charge in [-0.15, -0.1) is 0 Å². The summed E-state index contributed by atoms with van der Waals surface area (Å²) in [5.41, 5.74) is 0.721. The first-order valence-electron chi connectivity index (χ1n) is 11.8. The fourth-order valence-electron chi connectivity index (χ4n) is 3.69. The van der Waals surface area contributed by atoms with Gasteiger partial charge in [-0.05, 0) is 41.5 Å². The molecule has 12 heteroatoms. The number of hydrogen-bond acceptors (Lipinski definition) is 8. The maximum Gasteiger partial charge on any atom is 0.252 e. The lowest BCUT2D eigenvalue weighted by Crippen LogP contribution is -2.53. The largest absolute Gasteiger partial charge is 0.352 e. The molecule has 0 aromatic heterocycles.